The zero-order valence-electron chi connectivity index (χ0n) is 11.4. The summed E-state index contributed by atoms with van der Waals surface area (Å²) in [5.41, 5.74) is 1.00. The van der Waals surface area contributed by atoms with Gasteiger partial charge in [0.05, 0.1) is 17.6 Å². The Kier molecular flexibility index (Phi) is 5.01. The smallest absolute Gasteiger partial charge is 0.110 e. The molecule has 0 aromatic carbocycles. The Balaban J connectivity index is 1.99. The zero-order chi connectivity index (χ0) is 13.1. The summed E-state index contributed by atoms with van der Waals surface area (Å²) in [6.45, 7) is 11.4. The van der Waals surface area contributed by atoms with Gasteiger partial charge in [0.1, 0.15) is 5.01 Å². The standard InChI is InChI=1S/C13H22ClN3S/c1-4-16-5-6-17(8-10(16)2)11(3)13-15-12(7-14)9-18-13/h9-11H,4-8H2,1-3H3. The zero-order valence-corrected chi connectivity index (χ0v) is 13.0. The first-order valence-corrected chi connectivity index (χ1v) is 8.05. The van der Waals surface area contributed by atoms with Crippen molar-refractivity contribution in [3.8, 4) is 0 Å². The van der Waals surface area contributed by atoms with Gasteiger partial charge in [0.2, 0.25) is 0 Å². The average Bonchev–Trinajstić information content (AvgIpc) is 2.86. The molecule has 2 atom stereocenters. The number of piperazine rings is 1. The summed E-state index contributed by atoms with van der Waals surface area (Å²) in [4.78, 5) is 9.67. The topological polar surface area (TPSA) is 19.4 Å². The van der Waals surface area contributed by atoms with Gasteiger partial charge < -0.3 is 0 Å². The summed E-state index contributed by atoms with van der Waals surface area (Å²) in [6.07, 6.45) is 0. The molecule has 0 amide bonds. The number of hydrogen-bond donors (Lipinski definition) is 0. The molecule has 1 fully saturated rings. The lowest BCUT2D eigenvalue weighted by molar-refractivity contribution is 0.0635. The average molecular weight is 288 g/mol. The van der Waals surface area contributed by atoms with Crippen LogP contribution in [0.4, 0.5) is 0 Å². The molecule has 5 heteroatoms. The van der Waals surface area contributed by atoms with Crippen LogP contribution in [0.1, 0.15) is 37.5 Å². The Morgan fingerprint density at radius 3 is 2.89 bits per heavy atom. The molecule has 0 radical (unpaired) electrons. The van der Waals surface area contributed by atoms with Crippen molar-refractivity contribution in [3.05, 3.63) is 16.1 Å². The maximum atomic E-state index is 5.82. The van der Waals surface area contributed by atoms with Crippen LogP contribution < -0.4 is 0 Å². The van der Waals surface area contributed by atoms with Gasteiger partial charge in [-0.3, -0.25) is 9.80 Å². The third-order valence-corrected chi connectivity index (χ3v) is 5.15. The van der Waals surface area contributed by atoms with Crippen LogP contribution >= 0.6 is 22.9 Å². The second kappa shape index (κ2) is 6.33. The largest absolute Gasteiger partial charge is 0.298 e. The van der Waals surface area contributed by atoms with E-state index in [1.165, 1.54) is 5.01 Å². The van der Waals surface area contributed by atoms with Crippen molar-refractivity contribution in [2.45, 2.75) is 38.7 Å². The number of halogens is 1. The summed E-state index contributed by atoms with van der Waals surface area (Å²) in [5.74, 6) is 0.517. The van der Waals surface area contributed by atoms with Crippen LogP contribution in [0, 0.1) is 0 Å². The number of rotatable bonds is 4. The maximum Gasteiger partial charge on any atom is 0.110 e. The fourth-order valence-corrected chi connectivity index (χ4v) is 3.71. The summed E-state index contributed by atoms with van der Waals surface area (Å²) >= 11 is 7.55. The highest BCUT2D eigenvalue weighted by molar-refractivity contribution is 7.09. The lowest BCUT2D eigenvalue weighted by Crippen LogP contribution is -2.52. The van der Waals surface area contributed by atoms with E-state index in [1.807, 2.05) is 0 Å². The number of nitrogens with zero attached hydrogens (tertiary/aromatic N) is 3. The molecule has 1 aliphatic rings. The first-order valence-electron chi connectivity index (χ1n) is 6.64. The molecule has 0 N–H and O–H groups in total. The van der Waals surface area contributed by atoms with Crippen LogP contribution in [-0.2, 0) is 5.88 Å². The Labute approximate surface area is 119 Å². The summed E-state index contributed by atoms with van der Waals surface area (Å²) in [7, 11) is 0. The van der Waals surface area contributed by atoms with E-state index in [1.54, 1.807) is 11.3 Å². The van der Waals surface area contributed by atoms with Crippen LogP contribution in [0.5, 0.6) is 0 Å². The van der Waals surface area contributed by atoms with E-state index in [2.05, 4.69) is 40.9 Å². The van der Waals surface area contributed by atoms with Gasteiger partial charge in [0.15, 0.2) is 0 Å². The van der Waals surface area contributed by atoms with Crippen LogP contribution in [0.25, 0.3) is 0 Å². The van der Waals surface area contributed by atoms with Gasteiger partial charge in [0, 0.05) is 31.1 Å². The molecule has 1 aliphatic heterocycles. The van der Waals surface area contributed by atoms with Crippen molar-refractivity contribution in [1.82, 2.24) is 14.8 Å². The summed E-state index contributed by atoms with van der Waals surface area (Å²) < 4.78 is 0. The minimum Gasteiger partial charge on any atom is -0.298 e. The first-order chi connectivity index (χ1) is 8.65. The molecule has 0 aliphatic carbocycles. The molecule has 1 aromatic heterocycles. The molecule has 3 nitrogen and oxygen atoms in total. The molecule has 1 aromatic rings. The molecule has 0 bridgehead atoms. The normalized spacial score (nSPS) is 24.3. The second-order valence-electron chi connectivity index (χ2n) is 4.96. The molecule has 0 saturated carbocycles. The highest BCUT2D eigenvalue weighted by atomic mass is 35.5. The van der Waals surface area contributed by atoms with Crippen molar-refractivity contribution in [1.29, 1.82) is 0 Å². The number of likely N-dealkylation sites (N-methyl/N-ethyl adjacent to an activating group) is 1. The highest BCUT2D eigenvalue weighted by Crippen LogP contribution is 2.26. The fraction of sp³-hybridized carbons (Fsp3) is 0.769. The fourth-order valence-electron chi connectivity index (χ4n) is 2.58. The minimum absolute atomic E-state index is 0.411. The number of alkyl halides is 1. The third kappa shape index (κ3) is 3.05. The highest BCUT2D eigenvalue weighted by Gasteiger charge is 2.27. The lowest BCUT2D eigenvalue weighted by atomic mass is 10.1. The Hall–Kier alpha value is -0.160. The molecule has 2 heterocycles. The molecular formula is C13H22ClN3S. The van der Waals surface area contributed by atoms with Gasteiger partial charge >= 0.3 is 0 Å². The molecular weight excluding hydrogens is 266 g/mol. The van der Waals surface area contributed by atoms with Gasteiger partial charge in [-0.05, 0) is 20.4 Å². The molecule has 102 valence electrons. The number of aromatic nitrogens is 1. The summed E-state index contributed by atoms with van der Waals surface area (Å²) in [5, 5.41) is 3.27. The Morgan fingerprint density at radius 2 is 2.33 bits per heavy atom. The SMILES string of the molecule is CCN1CCN(C(C)c2nc(CCl)cs2)CC1C. The van der Waals surface area contributed by atoms with E-state index in [4.69, 9.17) is 11.6 Å². The van der Waals surface area contributed by atoms with Crippen molar-refractivity contribution in [3.63, 3.8) is 0 Å². The van der Waals surface area contributed by atoms with Crippen molar-refractivity contribution in [2.75, 3.05) is 26.2 Å². The predicted molar refractivity (Wildman–Crippen MR) is 78.4 cm³/mol. The monoisotopic (exact) mass is 287 g/mol. The van der Waals surface area contributed by atoms with E-state index in [0.29, 0.717) is 18.0 Å². The van der Waals surface area contributed by atoms with Crippen molar-refractivity contribution >= 4 is 22.9 Å². The van der Waals surface area contributed by atoms with Gasteiger partial charge in [-0.25, -0.2) is 4.98 Å². The van der Waals surface area contributed by atoms with Gasteiger partial charge in [-0.15, -0.1) is 22.9 Å². The van der Waals surface area contributed by atoms with Crippen LogP contribution in [0.2, 0.25) is 0 Å². The van der Waals surface area contributed by atoms with E-state index in [0.717, 1.165) is 31.9 Å². The quantitative estimate of drug-likeness (QED) is 0.794. The minimum atomic E-state index is 0.411. The van der Waals surface area contributed by atoms with Gasteiger partial charge in [-0.1, -0.05) is 6.92 Å². The molecule has 2 rings (SSSR count). The molecule has 1 saturated heterocycles. The van der Waals surface area contributed by atoms with Crippen molar-refractivity contribution < 1.29 is 0 Å². The Morgan fingerprint density at radius 1 is 1.56 bits per heavy atom. The van der Waals surface area contributed by atoms with Crippen LogP contribution in [-0.4, -0.2) is 47.0 Å². The molecule has 18 heavy (non-hydrogen) atoms. The van der Waals surface area contributed by atoms with Crippen molar-refractivity contribution in [2.24, 2.45) is 0 Å². The number of hydrogen-bond acceptors (Lipinski definition) is 4. The van der Waals surface area contributed by atoms with E-state index in [-0.39, 0.29) is 0 Å². The molecule has 2 unspecified atom stereocenters. The summed E-state index contributed by atoms with van der Waals surface area (Å²) in [6, 6.07) is 1.05. The van der Waals surface area contributed by atoms with E-state index < -0.39 is 0 Å². The predicted octanol–water partition coefficient (Wildman–Crippen LogP) is 2.97. The second-order valence-corrected chi connectivity index (χ2v) is 6.12. The van der Waals surface area contributed by atoms with E-state index in [9.17, 15) is 0 Å². The van der Waals surface area contributed by atoms with Crippen LogP contribution in [0.3, 0.4) is 0 Å². The van der Waals surface area contributed by atoms with Gasteiger partial charge in [-0.2, -0.15) is 0 Å². The van der Waals surface area contributed by atoms with Crippen LogP contribution in [0.15, 0.2) is 5.38 Å². The maximum absolute atomic E-state index is 5.82. The third-order valence-electron chi connectivity index (χ3n) is 3.81. The van der Waals surface area contributed by atoms with E-state index >= 15 is 0 Å². The van der Waals surface area contributed by atoms with Gasteiger partial charge in [0.25, 0.3) is 0 Å². The molecule has 0 spiro atoms. The Bertz CT molecular complexity index is 382. The first kappa shape index (κ1) is 14.3. The number of thiazole rings is 1. The lowest BCUT2D eigenvalue weighted by Gasteiger charge is -2.41.